The first-order valence-electron chi connectivity index (χ1n) is 12.5. The minimum absolute atomic E-state index is 0.479. The Kier molecular flexibility index (Phi) is 4.76. The summed E-state index contributed by atoms with van der Waals surface area (Å²) in [4.78, 5) is 21.4. The molecule has 0 fully saturated rings. The standard InChI is InChI=1S/C32H16N4S2Te/c1-3-7-19-17(5-1)13-22-29(35-11-9-33-22)27(19)24-15-21-31-26(39-32(21)38-24)16-25(37-31)28-20-8-4-2-6-18(20)14-23-30(28)36-12-10-34-23/h1-16H. The topological polar surface area (TPSA) is 51.6 Å². The van der Waals surface area contributed by atoms with Crippen LogP contribution in [0.3, 0.4) is 0 Å². The number of aromatic nitrogens is 4. The van der Waals surface area contributed by atoms with Gasteiger partial charge in [-0.25, -0.2) is 0 Å². The Morgan fingerprint density at radius 2 is 1.10 bits per heavy atom. The molecule has 39 heavy (non-hydrogen) atoms. The zero-order chi connectivity index (χ0) is 25.5. The van der Waals surface area contributed by atoms with Crippen LogP contribution in [0.25, 0.3) is 80.7 Å². The van der Waals surface area contributed by atoms with Gasteiger partial charge in [0.2, 0.25) is 0 Å². The van der Waals surface area contributed by atoms with Crippen molar-refractivity contribution in [3.05, 3.63) is 97.6 Å². The average molecular weight is 648 g/mol. The van der Waals surface area contributed by atoms with Gasteiger partial charge in [-0.2, -0.15) is 0 Å². The summed E-state index contributed by atoms with van der Waals surface area (Å²) in [5.41, 5.74) is 6.25. The molecule has 0 radical (unpaired) electrons. The molecule has 0 amide bonds. The summed E-state index contributed by atoms with van der Waals surface area (Å²) in [5.74, 6) is 0. The fourth-order valence-electron chi connectivity index (χ4n) is 5.64. The van der Waals surface area contributed by atoms with Crippen LogP contribution in [0.1, 0.15) is 0 Å². The van der Waals surface area contributed by atoms with Crippen LogP contribution in [0.15, 0.2) is 97.6 Å². The Balaban J connectivity index is 1.30. The fraction of sp³-hybridized carbons (Fsp3) is 0. The van der Waals surface area contributed by atoms with Crippen LogP contribution in [-0.4, -0.2) is 40.4 Å². The van der Waals surface area contributed by atoms with Gasteiger partial charge < -0.3 is 0 Å². The van der Waals surface area contributed by atoms with Crippen LogP contribution in [0, 0.1) is 0 Å². The van der Waals surface area contributed by atoms with Crippen LogP contribution in [0.4, 0.5) is 0 Å². The van der Waals surface area contributed by atoms with Crippen molar-refractivity contribution in [3.8, 4) is 20.9 Å². The first kappa shape index (κ1) is 22.1. The zero-order valence-corrected chi connectivity index (χ0v) is 24.2. The van der Waals surface area contributed by atoms with E-state index >= 15 is 0 Å². The van der Waals surface area contributed by atoms with Gasteiger partial charge in [-0.05, 0) is 0 Å². The Bertz CT molecular complexity index is 2140. The molecule has 182 valence electrons. The molecule has 0 bridgehead atoms. The third-order valence-electron chi connectivity index (χ3n) is 7.31. The van der Waals surface area contributed by atoms with Crippen LogP contribution in [0.5, 0.6) is 0 Å². The van der Waals surface area contributed by atoms with E-state index in [0.29, 0.717) is 0 Å². The van der Waals surface area contributed by atoms with E-state index in [4.69, 9.17) is 9.97 Å². The first-order chi connectivity index (χ1) is 19.3. The van der Waals surface area contributed by atoms with Crippen LogP contribution in [-0.2, 0) is 0 Å². The molecule has 5 aromatic heterocycles. The first-order valence-corrected chi connectivity index (χ1v) is 16.5. The fourth-order valence-corrected chi connectivity index (χ4v) is 13.1. The van der Waals surface area contributed by atoms with Crippen molar-refractivity contribution in [2.75, 3.05) is 0 Å². The molecule has 4 aromatic carbocycles. The second kappa shape index (κ2) is 8.38. The monoisotopic (exact) mass is 650 g/mol. The van der Waals surface area contributed by atoms with Crippen molar-refractivity contribution in [1.82, 2.24) is 19.9 Å². The van der Waals surface area contributed by atoms with E-state index in [0.717, 1.165) is 22.1 Å². The molecule has 0 saturated carbocycles. The van der Waals surface area contributed by atoms with E-state index in [1.165, 1.54) is 55.9 Å². The third-order valence-corrected chi connectivity index (χ3v) is 13.8. The van der Waals surface area contributed by atoms with Gasteiger partial charge in [-0.1, -0.05) is 0 Å². The van der Waals surface area contributed by atoms with E-state index in [2.05, 4.69) is 82.8 Å². The van der Waals surface area contributed by atoms with Crippen molar-refractivity contribution in [2.45, 2.75) is 0 Å². The molecule has 0 unspecified atom stereocenters. The summed E-state index contributed by atoms with van der Waals surface area (Å²) < 4.78 is 4.50. The summed E-state index contributed by atoms with van der Waals surface area (Å²) in [6.45, 7) is 0. The van der Waals surface area contributed by atoms with Gasteiger partial charge in [-0.3, -0.25) is 0 Å². The molecule has 7 heteroatoms. The predicted octanol–water partition coefficient (Wildman–Crippen LogP) is 8.70. The number of rotatable bonds is 2. The van der Waals surface area contributed by atoms with Gasteiger partial charge in [0, 0.05) is 0 Å². The Morgan fingerprint density at radius 3 is 1.74 bits per heavy atom. The summed E-state index contributed by atoms with van der Waals surface area (Å²) in [5, 5.41) is 6.28. The molecule has 9 aromatic rings. The van der Waals surface area contributed by atoms with Gasteiger partial charge >= 0.3 is 241 Å². The number of hydrogen-bond donors (Lipinski definition) is 0. The number of benzene rings is 4. The molecule has 9 rings (SSSR count). The molecule has 0 saturated heterocycles. The predicted molar refractivity (Wildman–Crippen MR) is 166 cm³/mol. The molecule has 0 aliphatic carbocycles. The van der Waals surface area contributed by atoms with E-state index in [9.17, 15) is 0 Å². The molecular weight excluding hydrogens is 632 g/mol. The molecule has 0 spiro atoms. The number of hydrogen-bond acceptors (Lipinski definition) is 6. The Hall–Kier alpha value is -3.73. The summed E-state index contributed by atoms with van der Waals surface area (Å²) >= 11 is 3.37. The van der Waals surface area contributed by atoms with Gasteiger partial charge in [0.1, 0.15) is 0 Å². The number of nitrogens with zero attached hydrogens (tertiary/aromatic N) is 4. The Labute approximate surface area is 239 Å². The van der Waals surface area contributed by atoms with Gasteiger partial charge in [0.15, 0.2) is 0 Å². The molecule has 5 heterocycles. The normalized spacial score (nSPS) is 12.1. The summed E-state index contributed by atoms with van der Waals surface area (Å²) in [7, 11) is 0. The van der Waals surface area contributed by atoms with Crippen LogP contribution >= 0.6 is 22.7 Å². The summed E-state index contributed by atoms with van der Waals surface area (Å²) in [6, 6.07) is 26.3. The van der Waals surface area contributed by atoms with Gasteiger partial charge in [0.05, 0.1) is 0 Å². The Morgan fingerprint density at radius 1 is 0.538 bits per heavy atom. The number of fused-ring (bicyclic) bond motifs is 7. The third kappa shape index (κ3) is 3.28. The van der Waals surface area contributed by atoms with Gasteiger partial charge in [0.25, 0.3) is 0 Å². The van der Waals surface area contributed by atoms with Crippen molar-refractivity contribution >= 4 is 103 Å². The van der Waals surface area contributed by atoms with Crippen LogP contribution in [0.2, 0.25) is 0 Å². The minimum atomic E-state index is -0.479. The average Bonchev–Trinajstić information content (AvgIpc) is 3.65. The van der Waals surface area contributed by atoms with E-state index in [1.54, 1.807) is 27.5 Å². The molecular formula is C32H16N4S2Te. The SMILES string of the molecule is c1ccc2c(-c3cc4c(s3)[te]c3cc(-c5c6ccccc6cc6nccnc56)sc34)c3nccnc3cc2c1. The second-order valence-corrected chi connectivity index (χ2v) is 15.4. The second-order valence-electron chi connectivity index (χ2n) is 9.51. The van der Waals surface area contributed by atoms with E-state index < -0.39 is 20.4 Å². The maximum atomic E-state index is 4.78. The summed E-state index contributed by atoms with van der Waals surface area (Å²) in [6.07, 6.45) is 7.17. The molecule has 0 aliphatic heterocycles. The van der Waals surface area contributed by atoms with Gasteiger partial charge in [-0.15, -0.1) is 0 Å². The van der Waals surface area contributed by atoms with Crippen molar-refractivity contribution in [1.29, 1.82) is 0 Å². The zero-order valence-electron chi connectivity index (χ0n) is 20.3. The van der Waals surface area contributed by atoms with Crippen molar-refractivity contribution < 1.29 is 0 Å². The number of thiophene rings is 2. The molecule has 0 N–H and O–H groups in total. The van der Waals surface area contributed by atoms with E-state index in [1.807, 2.05) is 22.7 Å². The maximum absolute atomic E-state index is 4.78. The quantitative estimate of drug-likeness (QED) is 0.139. The van der Waals surface area contributed by atoms with E-state index in [-0.39, 0.29) is 0 Å². The molecule has 0 aliphatic rings. The molecule has 0 atom stereocenters. The molecule has 4 nitrogen and oxygen atoms in total. The van der Waals surface area contributed by atoms with Crippen molar-refractivity contribution in [2.24, 2.45) is 0 Å². The van der Waals surface area contributed by atoms with Crippen LogP contribution < -0.4 is 0 Å². The van der Waals surface area contributed by atoms with Crippen molar-refractivity contribution in [3.63, 3.8) is 0 Å².